The standard InChI is InChI=1S/C20H18BrNO4/c1-25-15-6-3-12(4-7-15)19(23)17(20(24)26-2)9-13-11-22-18-8-5-14(21)10-16(13)18/h3-8,10-11,17,22H,9H2,1-2H3. The van der Waals surface area contributed by atoms with Gasteiger partial charge in [-0.25, -0.2) is 0 Å². The molecule has 1 unspecified atom stereocenters. The molecule has 3 aromatic rings. The number of halogens is 1. The van der Waals surface area contributed by atoms with Crippen LogP contribution in [-0.4, -0.2) is 31.0 Å². The van der Waals surface area contributed by atoms with E-state index in [1.807, 2.05) is 24.4 Å². The van der Waals surface area contributed by atoms with Crippen molar-refractivity contribution in [3.05, 3.63) is 64.3 Å². The lowest BCUT2D eigenvalue weighted by molar-refractivity contribution is -0.143. The lowest BCUT2D eigenvalue weighted by atomic mass is 9.91. The molecule has 2 aromatic carbocycles. The summed E-state index contributed by atoms with van der Waals surface area (Å²) in [6, 6.07) is 12.6. The van der Waals surface area contributed by atoms with Gasteiger partial charge in [-0.2, -0.15) is 0 Å². The highest BCUT2D eigenvalue weighted by Crippen LogP contribution is 2.26. The number of H-pyrrole nitrogens is 1. The predicted molar refractivity (Wildman–Crippen MR) is 103 cm³/mol. The Morgan fingerprint density at radius 2 is 1.85 bits per heavy atom. The maximum absolute atomic E-state index is 12.9. The van der Waals surface area contributed by atoms with Crippen LogP contribution in [0.3, 0.4) is 0 Å². The van der Waals surface area contributed by atoms with Crippen molar-refractivity contribution in [3.63, 3.8) is 0 Å². The van der Waals surface area contributed by atoms with Gasteiger partial charge in [-0.3, -0.25) is 9.59 Å². The summed E-state index contributed by atoms with van der Waals surface area (Å²) in [6.07, 6.45) is 2.09. The van der Waals surface area contributed by atoms with Gasteiger partial charge in [0, 0.05) is 27.1 Å². The van der Waals surface area contributed by atoms with Crippen molar-refractivity contribution < 1.29 is 19.1 Å². The Kier molecular flexibility index (Phi) is 5.42. The SMILES string of the molecule is COC(=O)C(Cc1c[nH]c2ccc(Br)cc12)C(=O)c1ccc(OC)cc1. The van der Waals surface area contributed by atoms with Gasteiger partial charge < -0.3 is 14.5 Å². The Morgan fingerprint density at radius 1 is 1.12 bits per heavy atom. The highest BCUT2D eigenvalue weighted by atomic mass is 79.9. The van der Waals surface area contributed by atoms with Crippen molar-refractivity contribution in [1.82, 2.24) is 4.98 Å². The molecule has 134 valence electrons. The zero-order valence-corrected chi connectivity index (χ0v) is 16.0. The molecule has 0 saturated heterocycles. The van der Waals surface area contributed by atoms with Crippen LogP contribution in [0, 0.1) is 5.92 Å². The number of hydrogen-bond acceptors (Lipinski definition) is 4. The molecule has 0 aliphatic carbocycles. The van der Waals surface area contributed by atoms with E-state index in [-0.39, 0.29) is 12.2 Å². The largest absolute Gasteiger partial charge is 0.497 e. The number of Topliss-reactive ketones (excluding diaryl/α,β-unsaturated/α-hetero) is 1. The summed E-state index contributed by atoms with van der Waals surface area (Å²) < 4.78 is 10.9. The molecule has 0 fully saturated rings. The molecule has 1 atom stereocenters. The van der Waals surface area contributed by atoms with E-state index in [4.69, 9.17) is 9.47 Å². The van der Waals surface area contributed by atoms with Crippen LogP contribution in [-0.2, 0) is 16.0 Å². The number of esters is 1. The van der Waals surface area contributed by atoms with Gasteiger partial charge in [0.1, 0.15) is 11.7 Å². The minimum absolute atomic E-state index is 0.258. The summed E-state index contributed by atoms with van der Waals surface area (Å²) in [5.41, 5.74) is 2.28. The van der Waals surface area contributed by atoms with E-state index < -0.39 is 11.9 Å². The molecule has 0 aliphatic rings. The molecule has 1 N–H and O–H groups in total. The quantitative estimate of drug-likeness (QED) is 0.372. The second-order valence-electron chi connectivity index (χ2n) is 5.88. The number of rotatable bonds is 6. The zero-order valence-electron chi connectivity index (χ0n) is 14.4. The van der Waals surface area contributed by atoms with Gasteiger partial charge in [0.2, 0.25) is 0 Å². The second kappa shape index (κ2) is 7.74. The van der Waals surface area contributed by atoms with Crippen LogP contribution in [0.4, 0.5) is 0 Å². The minimum Gasteiger partial charge on any atom is -0.497 e. The van der Waals surface area contributed by atoms with E-state index in [1.54, 1.807) is 31.4 Å². The van der Waals surface area contributed by atoms with Gasteiger partial charge in [0.15, 0.2) is 5.78 Å². The Labute approximate surface area is 159 Å². The van der Waals surface area contributed by atoms with E-state index in [2.05, 4.69) is 20.9 Å². The summed E-state index contributed by atoms with van der Waals surface area (Å²) in [4.78, 5) is 28.4. The fourth-order valence-corrected chi connectivity index (χ4v) is 3.28. The monoisotopic (exact) mass is 415 g/mol. The Hall–Kier alpha value is -2.60. The summed E-state index contributed by atoms with van der Waals surface area (Å²) >= 11 is 3.46. The molecule has 3 rings (SSSR count). The third kappa shape index (κ3) is 3.65. The van der Waals surface area contributed by atoms with Crippen molar-refractivity contribution >= 4 is 38.6 Å². The van der Waals surface area contributed by atoms with Gasteiger partial charge >= 0.3 is 5.97 Å². The van der Waals surface area contributed by atoms with Crippen LogP contribution >= 0.6 is 15.9 Å². The summed E-state index contributed by atoms with van der Waals surface area (Å²) in [5.74, 6) is -1.08. The first-order valence-electron chi connectivity index (χ1n) is 8.05. The lowest BCUT2D eigenvalue weighted by Gasteiger charge is -2.14. The summed E-state index contributed by atoms with van der Waals surface area (Å²) in [7, 11) is 2.85. The highest BCUT2D eigenvalue weighted by Gasteiger charge is 2.29. The average molecular weight is 416 g/mol. The van der Waals surface area contributed by atoms with E-state index >= 15 is 0 Å². The Bertz CT molecular complexity index is 946. The molecule has 0 radical (unpaired) electrons. The lowest BCUT2D eigenvalue weighted by Crippen LogP contribution is -2.27. The maximum Gasteiger partial charge on any atom is 0.316 e. The molecule has 0 aliphatic heterocycles. The Morgan fingerprint density at radius 3 is 2.50 bits per heavy atom. The van der Waals surface area contributed by atoms with E-state index in [0.717, 1.165) is 20.9 Å². The number of benzene rings is 2. The van der Waals surface area contributed by atoms with Crippen molar-refractivity contribution in [3.8, 4) is 5.75 Å². The number of methoxy groups -OCH3 is 2. The third-order valence-corrected chi connectivity index (χ3v) is 4.82. The van der Waals surface area contributed by atoms with Gasteiger partial charge in [0.05, 0.1) is 14.2 Å². The fraction of sp³-hybridized carbons (Fsp3) is 0.200. The predicted octanol–water partition coefficient (Wildman–Crippen LogP) is 4.15. The minimum atomic E-state index is -0.911. The molecule has 6 heteroatoms. The number of nitrogens with one attached hydrogen (secondary N) is 1. The number of ether oxygens (including phenoxy) is 2. The average Bonchev–Trinajstić information content (AvgIpc) is 3.07. The second-order valence-corrected chi connectivity index (χ2v) is 6.79. The molecular formula is C20H18BrNO4. The topological polar surface area (TPSA) is 68.4 Å². The summed E-state index contributed by atoms with van der Waals surface area (Å²) in [6.45, 7) is 0. The first kappa shape index (κ1) is 18.2. The van der Waals surface area contributed by atoms with Crippen LogP contribution in [0.5, 0.6) is 5.75 Å². The molecule has 0 amide bonds. The number of aromatic amines is 1. The number of aromatic nitrogens is 1. The molecule has 26 heavy (non-hydrogen) atoms. The number of carbonyl (C=O) groups is 2. The van der Waals surface area contributed by atoms with Crippen molar-refractivity contribution in [2.24, 2.45) is 5.92 Å². The molecule has 5 nitrogen and oxygen atoms in total. The molecule has 1 heterocycles. The van der Waals surface area contributed by atoms with E-state index in [0.29, 0.717) is 11.3 Å². The van der Waals surface area contributed by atoms with Crippen molar-refractivity contribution in [1.29, 1.82) is 0 Å². The maximum atomic E-state index is 12.9. The van der Waals surface area contributed by atoms with Crippen LogP contribution < -0.4 is 4.74 Å². The first-order valence-corrected chi connectivity index (χ1v) is 8.84. The molecule has 1 aromatic heterocycles. The number of fused-ring (bicyclic) bond motifs is 1. The van der Waals surface area contributed by atoms with Gasteiger partial charge in [-0.1, -0.05) is 15.9 Å². The van der Waals surface area contributed by atoms with Crippen LogP contribution in [0.15, 0.2) is 53.1 Å². The molecule has 0 spiro atoms. The normalized spacial score (nSPS) is 12.0. The van der Waals surface area contributed by atoms with Gasteiger partial charge in [-0.05, 0) is 54.4 Å². The molecule has 0 saturated carbocycles. The number of ketones is 1. The fourth-order valence-electron chi connectivity index (χ4n) is 2.92. The third-order valence-electron chi connectivity index (χ3n) is 4.33. The van der Waals surface area contributed by atoms with Crippen LogP contribution in [0.1, 0.15) is 15.9 Å². The smallest absolute Gasteiger partial charge is 0.316 e. The number of carbonyl (C=O) groups excluding carboxylic acids is 2. The summed E-state index contributed by atoms with van der Waals surface area (Å²) in [5, 5.41) is 0.968. The van der Waals surface area contributed by atoms with Crippen LogP contribution in [0.2, 0.25) is 0 Å². The van der Waals surface area contributed by atoms with E-state index in [9.17, 15) is 9.59 Å². The van der Waals surface area contributed by atoms with Gasteiger partial charge in [-0.15, -0.1) is 0 Å². The molecule has 0 bridgehead atoms. The van der Waals surface area contributed by atoms with Gasteiger partial charge in [0.25, 0.3) is 0 Å². The van der Waals surface area contributed by atoms with Crippen molar-refractivity contribution in [2.75, 3.05) is 14.2 Å². The van der Waals surface area contributed by atoms with E-state index in [1.165, 1.54) is 7.11 Å². The first-order chi connectivity index (χ1) is 12.5. The highest BCUT2D eigenvalue weighted by molar-refractivity contribution is 9.10. The Balaban J connectivity index is 1.93. The molecular weight excluding hydrogens is 398 g/mol. The van der Waals surface area contributed by atoms with Crippen LogP contribution in [0.25, 0.3) is 10.9 Å². The number of hydrogen-bond donors (Lipinski definition) is 1. The van der Waals surface area contributed by atoms with Crippen molar-refractivity contribution in [2.45, 2.75) is 6.42 Å². The zero-order chi connectivity index (χ0) is 18.7.